The summed E-state index contributed by atoms with van der Waals surface area (Å²) in [5.74, 6) is -2.33. The molecule has 0 aliphatic rings. The fourth-order valence-corrected chi connectivity index (χ4v) is 2.96. The van der Waals surface area contributed by atoms with Gasteiger partial charge >= 0.3 is 5.97 Å². The largest absolute Gasteiger partial charge is 0.481 e. The van der Waals surface area contributed by atoms with Gasteiger partial charge in [0.2, 0.25) is 0 Å². The number of aliphatic carboxylic acids is 1. The first kappa shape index (κ1) is 17.1. The van der Waals surface area contributed by atoms with Crippen LogP contribution in [0.4, 0.5) is 4.39 Å². The smallest absolute Gasteiger partial charge is 0.308 e. The molecule has 1 unspecified atom stereocenters. The molecular formula is C16H17FN2O3S. The van der Waals surface area contributed by atoms with Crippen molar-refractivity contribution in [3.63, 3.8) is 0 Å². The van der Waals surface area contributed by atoms with E-state index in [9.17, 15) is 14.0 Å². The third kappa shape index (κ3) is 4.35. The fourth-order valence-electron chi connectivity index (χ4n) is 2.10. The highest BCUT2D eigenvalue weighted by Gasteiger charge is 2.19. The van der Waals surface area contributed by atoms with Gasteiger partial charge in [-0.1, -0.05) is 25.5 Å². The number of thiazole rings is 1. The van der Waals surface area contributed by atoms with Crippen LogP contribution in [0.15, 0.2) is 30.5 Å². The Morgan fingerprint density at radius 1 is 1.39 bits per heavy atom. The number of carboxylic acids is 1. The van der Waals surface area contributed by atoms with Crippen LogP contribution in [0.5, 0.6) is 0 Å². The molecule has 2 rings (SSSR count). The zero-order valence-electron chi connectivity index (χ0n) is 12.6. The second kappa shape index (κ2) is 7.82. The Morgan fingerprint density at radius 2 is 2.13 bits per heavy atom. The minimum absolute atomic E-state index is 0.0644. The molecule has 0 fully saturated rings. The maximum atomic E-state index is 13.7. The van der Waals surface area contributed by atoms with Crippen molar-refractivity contribution in [2.45, 2.75) is 19.8 Å². The van der Waals surface area contributed by atoms with Crippen molar-refractivity contribution in [1.82, 2.24) is 10.3 Å². The van der Waals surface area contributed by atoms with Crippen molar-refractivity contribution < 1.29 is 19.1 Å². The molecule has 0 aliphatic heterocycles. The molecule has 0 saturated heterocycles. The van der Waals surface area contributed by atoms with Crippen LogP contribution in [0.1, 0.15) is 29.4 Å². The van der Waals surface area contributed by atoms with Crippen LogP contribution in [0.25, 0.3) is 10.6 Å². The van der Waals surface area contributed by atoms with Crippen molar-refractivity contribution in [2.75, 3.05) is 6.54 Å². The number of nitrogens with zero attached hydrogens (tertiary/aromatic N) is 1. The summed E-state index contributed by atoms with van der Waals surface area (Å²) in [4.78, 5) is 27.5. The van der Waals surface area contributed by atoms with E-state index in [0.717, 1.165) is 17.8 Å². The van der Waals surface area contributed by atoms with Crippen LogP contribution in [0.3, 0.4) is 0 Å². The summed E-state index contributed by atoms with van der Waals surface area (Å²) in [6.45, 7) is 1.95. The molecule has 0 saturated carbocycles. The van der Waals surface area contributed by atoms with E-state index < -0.39 is 23.6 Å². The second-order valence-electron chi connectivity index (χ2n) is 5.04. The third-order valence-corrected chi connectivity index (χ3v) is 4.36. The van der Waals surface area contributed by atoms with Gasteiger partial charge in [-0.15, -0.1) is 11.3 Å². The molecule has 1 atom stereocenters. The van der Waals surface area contributed by atoms with Crippen LogP contribution in [-0.2, 0) is 4.79 Å². The molecule has 0 radical (unpaired) electrons. The Labute approximate surface area is 137 Å². The lowest BCUT2D eigenvalue weighted by atomic mass is 10.0. The quantitative estimate of drug-likeness (QED) is 0.814. The number of amides is 1. The highest BCUT2D eigenvalue weighted by atomic mass is 32.1. The van der Waals surface area contributed by atoms with Gasteiger partial charge < -0.3 is 10.4 Å². The molecule has 2 N–H and O–H groups in total. The van der Waals surface area contributed by atoms with Crippen molar-refractivity contribution >= 4 is 23.2 Å². The molecule has 23 heavy (non-hydrogen) atoms. The Hall–Kier alpha value is -2.28. The molecule has 0 bridgehead atoms. The first-order valence-corrected chi connectivity index (χ1v) is 8.06. The molecule has 0 aliphatic carbocycles. The monoisotopic (exact) mass is 336 g/mol. The molecule has 0 spiro atoms. The molecule has 1 heterocycles. The van der Waals surface area contributed by atoms with Gasteiger partial charge in [0.1, 0.15) is 15.7 Å². The summed E-state index contributed by atoms with van der Waals surface area (Å²) in [6.07, 6.45) is 2.60. The lowest BCUT2D eigenvalue weighted by Gasteiger charge is -2.11. The Morgan fingerprint density at radius 3 is 2.78 bits per heavy atom. The SMILES string of the molecule is CCCC(CNC(=O)c1cnc(-c2ccccc2F)s1)C(=O)O. The van der Waals surface area contributed by atoms with E-state index in [-0.39, 0.29) is 6.54 Å². The topological polar surface area (TPSA) is 79.3 Å². The van der Waals surface area contributed by atoms with Crippen LogP contribution < -0.4 is 5.32 Å². The Bertz CT molecular complexity index is 702. The summed E-state index contributed by atoms with van der Waals surface area (Å²) >= 11 is 1.07. The normalized spacial score (nSPS) is 11.9. The fraction of sp³-hybridized carbons (Fsp3) is 0.312. The number of carboxylic acid groups (broad SMARTS) is 1. The number of carbonyl (C=O) groups excluding carboxylic acids is 1. The molecule has 2 aromatic rings. The van der Waals surface area contributed by atoms with E-state index in [4.69, 9.17) is 5.11 Å². The van der Waals surface area contributed by atoms with Gasteiger partial charge in [0.25, 0.3) is 5.91 Å². The third-order valence-electron chi connectivity index (χ3n) is 3.33. The molecule has 1 amide bonds. The number of nitrogens with one attached hydrogen (secondary N) is 1. The number of aromatic nitrogens is 1. The van der Waals surface area contributed by atoms with Gasteiger partial charge in [0.15, 0.2) is 0 Å². The van der Waals surface area contributed by atoms with Crippen LogP contribution in [0.2, 0.25) is 0 Å². The number of hydrogen-bond donors (Lipinski definition) is 2. The first-order valence-electron chi connectivity index (χ1n) is 7.24. The summed E-state index contributed by atoms with van der Waals surface area (Å²) in [7, 11) is 0. The van der Waals surface area contributed by atoms with Gasteiger partial charge in [-0.25, -0.2) is 9.37 Å². The summed E-state index contributed by atoms with van der Waals surface area (Å²) in [5.41, 5.74) is 0.339. The summed E-state index contributed by atoms with van der Waals surface area (Å²) < 4.78 is 13.7. The Kier molecular flexibility index (Phi) is 5.81. The molecule has 1 aromatic heterocycles. The van der Waals surface area contributed by atoms with Crippen molar-refractivity contribution in [3.05, 3.63) is 41.2 Å². The van der Waals surface area contributed by atoms with Crippen molar-refractivity contribution in [1.29, 1.82) is 0 Å². The van der Waals surface area contributed by atoms with E-state index in [1.165, 1.54) is 12.3 Å². The van der Waals surface area contributed by atoms with Crippen LogP contribution >= 0.6 is 11.3 Å². The molecule has 122 valence electrons. The summed E-state index contributed by atoms with van der Waals surface area (Å²) in [6, 6.07) is 6.21. The zero-order chi connectivity index (χ0) is 16.8. The van der Waals surface area contributed by atoms with Gasteiger partial charge in [-0.3, -0.25) is 9.59 Å². The lowest BCUT2D eigenvalue weighted by molar-refractivity contribution is -0.141. The molecule has 5 nitrogen and oxygen atoms in total. The van der Waals surface area contributed by atoms with Crippen molar-refractivity contribution in [3.8, 4) is 10.6 Å². The average molecular weight is 336 g/mol. The molecule has 7 heteroatoms. The second-order valence-corrected chi connectivity index (χ2v) is 6.07. The number of carbonyl (C=O) groups is 2. The predicted molar refractivity (Wildman–Crippen MR) is 85.9 cm³/mol. The zero-order valence-corrected chi connectivity index (χ0v) is 13.4. The lowest BCUT2D eigenvalue weighted by Crippen LogP contribution is -2.32. The number of hydrogen-bond acceptors (Lipinski definition) is 4. The number of rotatable bonds is 7. The summed E-state index contributed by atoms with van der Waals surface area (Å²) in [5, 5.41) is 12.1. The van der Waals surface area contributed by atoms with E-state index in [1.54, 1.807) is 18.2 Å². The minimum atomic E-state index is -0.927. The Balaban J connectivity index is 2.04. The highest BCUT2D eigenvalue weighted by molar-refractivity contribution is 7.16. The van der Waals surface area contributed by atoms with E-state index in [0.29, 0.717) is 21.9 Å². The van der Waals surface area contributed by atoms with Crippen LogP contribution in [0, 0.1) is 11.7 Å². The molecule has 1 aromatic carbocycles. The first-order chi connectivity index (χ1) is 11.0. The number of benzene rings is 1. The maximum absolute atomic E-state index is 13.7. The van der Waals surface area contributed by atoms with Gasteiger partial charge in [0, 0.05) is 12.1 Å². The van der Waals surface area contributed by atoms with Gasteiger partial charge in [-0.05, 0) is 18.6 Å². The van der Waals surface area contributed by atoms with Gasteiger partial charge in [0.05, 0.1) is 12.1 Å². The average Bonchev–Trinajstić information content (AvgIpc) is 3.01. The predicted octanol–water partition coefficient (Wildman–Crippen LogP) is 3.18. The maximum Gasteiger partial charge on any atom is 0.308 e. The standard InChI is InChI=1S/C16H17FN2O3S/c1-2-5-10(16(21)22)8-18-14(20)13-9-19-15(23-13)11-6-3-4-7-12(11)17/h3-4,6-7,9-10H,2,5,8H2,1H3,(H,18,20)(H,21,22). The van der Waals surface area contributed by atoms with E-state index >= 15 is 0 Å². The van der Waals surface area contributed by atoms with Crippen LogP contribution in [-0.4, -0.2) is 28.5 Å². The van der Waals surface area contributed by atoms with E-state index in [1.807, 2.05) is 6.92 Å². The minimum Gasteiger partial charge on any atom is -0.481 e. The van der Waals surface area contributed by atoms with Crippen molar-refractivity contribution in [2.24, 2.45) is 5.92 Å². The van der Waals surface area contributed by atoms with Gasteiger partial charge in [-0.2, -0.15) is 0 Å². The number of halogens is 1. The molecular weight excluding hydrogens is 319 g/mol. The van der Waals surface area contributed by atoms with E-state index in [2.05, 4.69) is 10.3 Å². The highest BCUT2D eigenvalue weighted by Crippen LogP contribution is 2.27.